The van der Waals surface area contributed by atoms with E-state index in [1.807, 2.05) is 72.8 Å². The van der Waals surface area contributed by atoms with E-state index < -0.39 is 0 Å². The van der Waals surface area contributed by atoms with E-state index in [0.717, 1.165) is 39.0 Å². The van der Waals surface area contributed by atoms with Crippen molar-refractivity contribution in [1.82, 2.24) is 14.1 Å². The largest absolute Gasteiger partial charge is 0.497 e. The summed E-state index contributed by atoms with van der Waals surface area (Å²) in [6.07, 6.45) is 0.481. The first kappa shape index (κ1) is 19.5. The Bertz CT molecular complexity index is 1530. The molecule has 6 nitrogen and oxygen atoms in total. The van der Waals surface area contributed by atoms with Gasteiger partial charge in [0.25, 0.3) is 0 Å². The molecule has 0 saturated carbocycles. The average Bonchev–Trinajstić information content (AvgIpc) is 3.34. The molecule has 1 aliphatic rings. The van der Waals surface area contributed by atoms with Gasteiger partial charge in [-0.25, -0.2) is 4.79 Å². The number of rotatable bonds is 4. The minimum Gasteiger partial charge on any atom is -0.497 e. The monoisotopic (exact) mass is 437 g/mol. The summed E-state index contributed by atoms with van der Waals surface area (Å²) in [5, 5.41) is 12.3. The van der Waals surface area contributed by atoms with E-state index in [0.29, 0.717) is 18.7 Å². The number of aromatic amines is 1. The first-order valence-electron chi connectivity index (χ1n) is 11.0. The third kappa shape index (κ3) is 2.98. The second kappa shape index (κ2) is 7.45. The molecule has 1 aliphatic heterocycles. The van der Waals surface area contributed by atoms with Crippen LogP contribution in [0.1, 0.15) is 34.1 Å². The predicted octanol–water partition coefficient (Wildman–Crippen LogP) is 4.44. The van der Waals surface area contributed by atoms with Gasteiger partial charge in [-0.2, -0.15) is 0 Å². The van der Waals surface area contributed by atoms with Crippen molar-refractivity contribution in [3.63, 3.8) is 0 Å². The Labute approximate surface area is 190 Å². The normalized spacial score (nSPS) is 14.8. The van der Waals surface area contributed by atoms with Crippen LogP contribution in [-0.2, 0) is 13.0 Å². The fourth-order valence-electron chi connectivity index (χ4n) is 4.98. The predicted molar refractivity (Wildman–Crippen MR) is 127 cm³/mol. The summed E-state index contributed by atoms with van der Waals surface area (Å²) in [5.74, 6) is 0.779. The van der Waals surface area contributed by atoms with Gasteiger partial charge in [0.15, 0.2) is 0 Å². The molecule has 0 unspecified atom stereocenters. The van der Waals surface area contributed by atoms with Crippen LogP contribution < -0.4 is 10.4 Å². The molecule has 6 heteroatoms. The van der Waals surface area contributed by atoms with Crippen LogP contribution in [-0.4, -0.2) is 26.3 Å². The van der Waals surface area contributed by atoms with Crippen molar-refractivity contribution in [2.75, 3.05) is 7.11 Å². The van der Waals surface area contributed by atoms with Crippen molar-refractivity contribution in [3.05, 3.63) is 117 Å². The Morgan fingerprint density at radius 2 is 1.73 bits per heavy atom. The van der Waals surface area contributed by atoms with Crippen molar-refractivity contribution >= 4 is 10.9 Å². The van der Waals surface area contributed by atoms with Gasteiger partial charge in [-0.3, -0.25) is 9.13 Å². The van der Waals surface area contributed by atoms with Crippen molar-refractivity contribution in [2.24, 2.45) is 0 Å². The molecule has 2 aromatic heterocycles. The van der Waals surface area contributed by atoms with Crippen LogP contribution in [0.5, 0.6) is 11.6 Å². The van der Waals surface area contributed by atoms with Gasteiger partial charge in [0, 0.05) is 23.0 Å². The fourth-order valence-corrected chi connectivity index (χ4v) is 4.98. The molecular weight excluding hydrogens is 414 g/mol. The summed E-state index contributed by atoms with van der Waals surface area (Å²) in [4.78, 5) is 17.3. The lowest BCUT2D eigenvalue weighted by molar-refractivity contribution is 0.414. The second-order valence-electron chi connectivity index (χ2n) is 8.41. The number of H-pyrrole nitrogens is 1. The highest BCUT2D eigenvalue weighted by molar-refractivity contribution is 5.86. The molecule has 0 radical (unpaired) electrons. The van der Waals surface area contributed by atoms with Crippen LogP contribution in [0.3, 0.4) is 0 Å². The maximum atomic E-state index is 13.7. The molecular formula is C27H23N3O3. The molecule has 1 atom stereocenters. The fraction of sp³-hybridized carbons (Fsp3) is 0.148. The summed E-state index contributed by atoms with van der Waals surface area (Å²) in [5.41, 5.74) is 5.43. The topological polar surface area (TPSA) is 72.2 Å². The average molecular weight is 437 g/mol. The third-order valence-electron chi connectivity index (χ3n) is 6.58. The van der Waals surface area contributed by atoms with E-state index in [-0.39, 0.29) is 17.6 Å². The zero-order chi connectivity index (χ0) is 22.5. The zero-order valence-corrected chi connectivity index (χ0v) is 18.2. The van der Waals surface area contributed by atoms with Gasteiger partial charge in [-0.15, -0.1) is 0 Å². The Morgan fingerprint density at radius 1 is 1.00 bits per heavy atom. The van der Waals surface area contributed by atoms with Crippen LogP contribution in [0.15, 0.2) is 83.7 Å². The molecule has 3 heterocycles. The molecule has 3 aromatic carbocycles. The summed E-state index contributed by atoms with van der Waals surface area (Å²) in [7, 11) is 1.63. The number of para-hydroxylation sites is 1. The van der Waals surface area contributed by atoms with Crippen LogP contribution in [0.2, 0.25) is 0 Å². The number of nitrogens with zero attached hydrogens (tertiary/aromatic N) is 2. The molecule has 5 aromatic rings. The Morgan fingerprint density at radius 3 is 2.48 bits per heavy atom. The van der Waals surface area contributed by atoms with Crippen LogP contribution in [0.4, 0.5) is 0 Å². The van der Waals surface area contributed by atoms with E-state index in [9.17, 15) is 9.90 Å². The number of methoxy groups -OCH3 is 1. The maximum absolute atomic E-state index is 13.7. The van der Waals surface area contributed by atoms with Crippen molar-refractivity contribution in [3.8, 4) is 11.6 Å². The van der Waals surface area contributed by atoms with Gasteiger partial charge in [0.2, 0.25) is 5.88 Å². The first-order chi connectivity index (χ1) is 16.2. The number of fused-ring (bicyclic) bond motifs is 4. The van der Waals surface area contributed by atoms with E-state index in [1.165, 1.54) is 4.57 Å². The molecule has 0 fully saturated rings. The smallest absolute Gasteiger partial charge is 0.332 e. The number of aromatic hydroxyl groups is 1. The summed E-state index contributed by atoms with van der Waals surface area (Å²) >= 11 is 0. The molecule has 0 bridgehead atoms. The first-order valence-corrected chi connectivity index (χ1v) is 11.0. The van der Waals surface area contributed by atoms with E-state index in [4.69, 9.17) is 4.74 Å². The summed E-state index contributed by atoms with van der Waals surface area (Å²) < 4.78 is 8.54. The maximum Gasteiger partial charge on any atom is 0.332 e. The number of benzene rings is 3. The lowest BCUT2D eigenvalue weighted by Gasteiger charge is -2.26. The summed E-state index contributed by atoms with van der Waals surface area (Å²) in [6.45, 7) is 0.315. The molecule has 0 spiro atoms. The van der Waals surface area contributed by atoms with Gasteiger partial charge < -0.3 is 14.8 Å². The Hall–Kier alpha value is -4.19. The molecule has 33 heavy (non-hydrogen) atoms. The van der Waals surface area contributed by atoms with Gasteiger partial charge in [-0.05, 0) is 34.9 Å². The molecule has 0 saturated heterocycles. The second-order valence-corrected chi connectivity index (χ2v) is 8.41. The van der Waals surface area contributed by atoms with Gasteiger partial charge in [-0.1, -0.05) is 60.7 Å². The number of hydrogen-bond acceptors (Lipinski definition) is 3. The molecule has 0 amide bonds. The summed E-state index contributed by atoms with van der Waals surface area (Å²) in [6, 6.07) is 25.2. The number of hydrogen-bond donors (Lipinski definition) is 2. The number of aromatic nitrogens is 3. The molecule has 0 aliphatic carbocycles. The van der Waals surface area contributed by atoms with Crippen LogP contribution >= 0.6 is 0 Å². The number of imidazole rings is 1. The number of nitrogens with one attached hydrogen (secondary N) is 1. The molecule has 6 rings (SSSR count). The minimum atomic E-state index is -0.377. The third-order valence-corrected chi connectivity index (χ3v) is 6.58. The van der Waals surface area contributed by atoms with Crippen molar-refractivity contribution in [1.29, 1.82) is 0 Å². The van der Waals surface area contributed by atoms with Crippen LogP contribution in [0, 0.1) is 0 Å². The van der Waals surface area contributed by atoms with Gasteiger partial charge in [0.05, 0.1) is 19.3 Å². The molecule has 2 N–H and O–H groups in total. The van der Waals surface area contributed by atoms with E-state index >= 15 is 0 Å². The number of ether oxygens (including phenoxy) is 1. The quantitative estimate of drug-likeness (QED) is 0.428. The Kier molecular flexibility index (Phi) is 4.40. The zero-order valence-electron chi connectivity index (χ0n) is 18.2. The van der Waals surface area contributed by atoms with E-state index in [1.54, 1.807) is 11.7 Å². The highest BCUT2D eigenvalue weighted by Gasteiger charge is 2.35. The van der Waals surface area contributed by atoms with Crippen LogP contribution in [0.25, 0.3) is 10.9 Å². The Balaban J connectivity index is 1.58. The standard InChI is InChI=1S/C27H23N3O3/c1-33-19-13-11-18(12-14-19)25-24-21(20-9-5-6-10-22(20)28-24)15-23-26(31)29(27(32)30(23)25)16-17-7-3-2-4-8-17/h2-14,25,28,31H,15-16H2,1H3/t25-/m0/s1. The van der Waals surface area contributed by atoms with E-state index in [2.05, 4.69) is 11.1 Å². The SMILES string of the molecule is COc1ccc([C@H]2c3[nH]c4ccccc4c3Cc3c(O)n(Cc4ccccc4)c(=O)n32)cc1. The van der Waals surface area contributed by atoms with Crippen molar-refractivity contribution < 1.29 is 9.84 Å². The highest BCUT2D eigenvalue weighted by atomic mass is 16.5. The van der Waals surface area contributed by atoms with Gasteiger partial charge >= 0.3 is 5.69 Å². The van der Waals surface area contributed by atoms with Crippen molar-refractivity contribution in [2.45, 2.75) is 19.0 Å². The molecule has 164 valence electrons. The van der Waals surface area contributed by atoms with Gasteiger partial charge in [0.1, 0.15) is 11.8 Å². The lowest BCUT2D eigenvalue weighted by Crippen LogP contribution is -2.32. The highest BCUT2D eigenvalue weighted by Crippen LogP contribution is 2.41. The lowest BCUT2D eigenvalue weighted by atomic mass is 9.93. The minimum absolute atomic E-state index is 0.0262.